The topological polar surface area (TPSA) is 101 Å². The summed E-state index contributed by atoms with van der Waals surface area (Å²) in [7, 11) is 1.50. The van der Waals surface area contributed by atoms with Crippen molar-refractivity contribution in [1.29, 1.82) is 0 Å². The van der Waals surface area contributed by atoms with E-state index in [0.29, 0.717) is 28.1 Å². The standard InChI is InChI=1S/C23H21N5O3/c1-14-20(15(2)28(26-14)16-9-5-4-6-10-16)21(29)23(31)27(3)13-19-24-18-12-8-7-11-17(18)22(30)25-19/h4-12H,13H2,1-3H3,(H,24,25,30). The first-order valence-electron chi connectivity index (χ1n) is 9.76. The number of hydrogen-bond donors (Lipinski definition) is 1. The van der Waals surface area contributed by atoms with Crippen molar-refractivity contribution in [3.63, 3.8) is 0 Å². The van der Waals surface area contributed by atoms with E-state index < -0.39 is 11.7 Å². The Bertz CT molecular complexity index is 1350. The van der Waals surface area contributed by atoms with Crippen LogP contribution in [0.3, 0.4) is 0 Å². The van der Waals surface area contributed by atoms with Gasteiger partial charge in [0.1, 0.15) is 5.82 Å². The summed E-state index contributed by atoms with van der Waals surface area (Å²) in [5.74, 6) is -1.04. The number of ketones is 1. The highest BCUT2D eigenvalue weighted by atomic mass is 16.2. The van der Waals surface area contributed by atoms with Crippen molar-refractivity contribution in [3.8, 4) is 5.69 Å². The maximum atomic E-state index is 13.0. The summed E-state index contributed by atoms with van der Waals surface area (Å²) >= 11 is 0. The molecule has 2 aromatic heterocycles. The Morgan fingerprint density at radius 1 is 1.03 bits per heavy atom. The van der Waals surface area contributed by atoms with Gasteiger partial charge in [0, 0.05) is 7.05 Å². The number of aryl methyl sites for hydroxylation is 1. The minimum absolute atomic E-state index is 0.00440. The molecule has 4 rings (SSSR count). The van der Waals surface area contributed by atoms with Crippen molar-refractivity contribution < 1.29 is 9.59 Å². The lowest BCUT2D eigenvalue weighted by Gasteiger charge is -2.16. The molecule has 0 aliphatic rings. The highest BCUT2D eigenvalue weighted by Gasteiger charge is 2.27. The second kappa shape index (κ2) is 7.98. The first-order chi connectivity index (χ1) is 14.9. The summed E-state index contributed by atoms with van der Waals surface area (Å²) in [6, 6.07) is 16.4. The monoisotopic (exact) mass is 415 g/mol. The first-order valence-corrected chi connectivity index (χ1v) is 9.76. The second-order valence-corrected chi connectivity index (χ2v) is 7.31. The van der Waals surface area contributed by atoms with Gasteiger partial charge in [-0.15, -0.1) is 0 Å². The largest absolute Gasteiger partial charge is 0.331 e. The van der Waals surface area contributed by atoms with Gasteiger partial charge in [-0.2, -0.15) is 5.10 Å². The average molecular weight is 415 g/mol. The minimum atomic E-state index is -0.699. The molecule has 0 saturated heterocycles. The van der Waals surface area contributed by atoms with E-state index in [4.69, 9.17) is 0 Å². The first kappa shape index (κ1) is 20.2. The van der Waals surface area contributed by atoms with E-state index in [1.807, 2.05) is 30.3 Å². The molecule has 0 bridgehead atoms. The van der Waals surface area contributed by atoms with E-state index in [1.54, 1.807) is 42.8 Å². The van der Waals surface area contributed by atoms with Crippen molar-refractivity contribution in [2.24, 2.45) is 0 Å². The Hall–Kier alpha value is -4.07. The van der Waals surface area contributed by atoms with Crippen LogP contribution in [-0.2, 0) is 11.3 Å². The Balaban J connectivity index is 1.59. The molecule has 2 heterocycles. The normalized spacial score (nSPS) is 10.9. The van der Waals surface area contributed by atoms with E-state index in [-0.39, 0.29) is 17.7 Å². The molecule has 0 unspecified atom stereocenters. The molecule has 0 spiro atoms. The van der Waals surface area contributed by atoms with Gasteiger partial charge in [-0.05, 0) is 38.1 Å². The lowest BCUT2D eigenvalue weighted by molar-refractivity contribution is -0.125. The number of hydrogen-bond acceptors (Lipinski definition) is 5. The molecule has 0 saturated carbocycles. The Kier molecular flexibility index (Phi) is 5.21. The number of likely N-dealkylation sites (N-methyl/N-ethyl adjacent to an activating group) is 1. The molecule has 0 atom stereocenters. The van der Waals surface area contributed by atoms with Gasteiger partial charge in [0.25, 0.3) is 17.2 Å². The Morgan fingerprint density at radius 2 is 1.71 bits per heavy atom. The fraction of sp³-hybridized carbons (Fsp3) is 0.174. The van der Waals surface area contributed by atoms with Gasteiger partial charge in [0.15, 0.2) is 0 Å². The molecule has 31 heavy (non-hydrogen) atoms. The summed E-state index contributed by atoms with van der Waals surface area (Å²) < 4.78 is 1.65. The molecule has 0 fully saturated rings. The number of nitrogens with one attached hydrogen (secondary N) is 1. The van der Waals surface area contributed by atoms with Crippen LogP contribution in [0.15, 0.2) is 59.4 Å². The van der Waals surface area contributed by atoms with Crippen molar-refractivity contribution in [2.45, 2.75) is 20.4 Å². The number of para-hydroxylation sites is 2. The third kappa shape index (κ3) is 3.75. The molecular formula is C23H21N5O3. The number of fused-ring (bicyclic) bond motifs is 1. The molecule has 0 radical (unpaired) electrons. The lowest BCUT2D eigenvalue weighted by atomic mass is 10.1. The highest BCUT2D eigenvalue weighted by molar-refractivity contribution is 6.43. The molecule has 1 amide bonds. The molecule has 4 aromatic rings. The third-order valence-electron chi connectivity index (χ3n) is 5.11. The molecule has 8 nitrogen and oxygen atoms in total. The van der Waals surface area contributed by atoms with Crippen molar-refractivity contribution in [1.82, 2.24) is 24.6 Å². The van der Waals surface area contributed by atoms with E-state index in [2.05, 4.69) is 15.1 Å². The van der Waals surface area contributed by atoms with Crippen LogP contribution < -0.4 is 5.56 Å². The molecule has 0 aliphatic carbocycles. The van der Waals surface area contributed by atoms with Gasteiger partial charge < -0.3 is 9.88 Å². The summed E-state index contributed by atoms with van der Waals surface area (Å²) in [5, 5.41) is 4.91. The number of rotatable bonds is 5. The van der Waals surface area contributed by atoms with Crippen LogP contribution in [0, 0.1) is 13.8 Å². The fourth-order valence-corrected chi connectivity index (χ4v) is 3.58. The van der Waals surface area contributed by atoms with Gasteiger partial charge in [-0.1, -0.05) is 30.3 Å². The number of Topliss-reactive ketones (excluding diaryl/α,β-unsaturated/α-hetero) is 1. The number of aromatic amines is 1. The zero-order chi connectivity index (χ0) is 22.1. The predicted octanol–water partition coefficient (Wildman–Crippen LogP) is 2.57. The Morgan fingerprint density at radius 3 is 2.45 bits per heavy atom. The highest BCUT2D eigenvalue weighted by Crippen LogP contribution is 2.19. The maximum absolute atomic E-state index is 13.0. The molecule has 1 N–H and O–H groups in total. The smallest absolute Gasteiger partial charge is 0.295 e. The average Bonchev–Trinajstić information content (AvgIpc) is 3.07. The number of carbonyl (C=O) groups is 2. The molecule has 156 valence electrons. The van der Waals surface area contributed by atoms with Gasteiger partial charge in [-0.25, -0.2) is 9.67 Å². The zero-order valence-corrected chi connectivity index (χ0v) is 17.4. The fourth-order valence-electron chi connectivity index (χ4n) is 3.58. The van der Waals surface area contributed by atoms with Crippen LogP contribution in [0.4, 0.5) is 0 Å². The summed E-state index contributed by atoms with van der Waals surface area (Å²) in [6.07, 6.45) is 0. The van der Waals surface area contributed by atoms with Gasteiger partial charge in [0.05, 0.1) is 40.1 Å². The van der Waals surface area contributed by atoms with E-state index in [9.17, 15) is 14.4 Å². The molecule has 8 heteroatoms. The number of amides is 1. The van der Waals surface area contributed by atoms with Crippen LogP contribution >= 0.6 is 0 Å². The van der Waals surface area contributed by atoms with Crippen LogP contribution in [0.1, 0.15) is 27.6 Å². The van der Waals surface area contributed by atoms with E-state index in [0.717, 1.165) is 5.69 Å². The van der Waals surface area contributed by atoms with E-state index >= 15 is 0 Å². The number of benzene rings is 2. The predicted molar refractivity (Wildman–Crippen MR) is 116 cm³/mol. The third-order valence-corrected chi connectivity index (χ3v) is 5.11. The molecular weight excluding hydrogens is 394 g/mol. The van der Waals surface area contributed by atoms with Gasteiger partial charge >= 0.3 is 0 Å². The Labute approximate surface area is 178 Å². The second-order valence-electron chi connectivity index (χ2n) is 7.31. The van der Waals surface area contributed by atoms with Gasteiger partial charge in [-0.3, -0.25) is 14.4 Å². The number of H-pyrrole nitrogens is 1. The van der Waals surface area contributed by atoms with Crippen molar-refractivity contribution >= 4 is 22.6 Å². The lowest BCUT2D eigenvalue weighted by Crippen LogP contribution is -2.34. The van der Waals surface area contributed by atoms with E-state index in [1.165, 1.54) is 11.9 Å². The minimum Gasteiger partial charge on any atom is -0.331 e. The van der Waals surface area contributed by atoms with Crippen LogP contribution in [0.2, 0.25) is 0 Å². The van der Waals surface area contributed by atoms with Gasteiger partial charge in [0.2, 0.25) is 0 Å². The molecule has 2 aromatic carbocycles. The van der Waals surface area contributed by atoms with Crippen LogP contribution in [0.5, 0.6) is 0 Å². The summed E-state index contributed by atoms with van der Waals surface area (Å²) in [4.78, 5) is 46.4. The summed E-state index contributed by atoms with van der Waals surface area (Å²) in [6.45, 7) is 3.46. The maximum Gasteiger partial charge on any atom is 0.295 e. The van der Waals surface area contributed by atoms with Crippen molar-refractivity contribution in [3.05, 3.63) is 87.7 Å². The SMILES string of the molecule is Cc1nn(-c2ccccc2)c(C)c1C(=O)C(=O)N(C)Cc1nc2ccccc2c(=O)[nH]1. The number of aromatic nitrogens is 4. The van der Waals surface area contributed by atoms with Crippen LogP contribution in [0.25, 0.3) is 16.6 Å². The van der Waals surface area contributed by atoms with Crippen LogP contribution in [-0.4, -0.2) is 43.4 Å². The number of carbonyl (C=O) groups excluding carboxylic acids is 2. The van der Waals surface area contributed by atoms with Crippen molar-refractivity contribution in [2.75, 3.05) is 7.05 Å². The molecule has 0 aliphatic heterocycles. The zero-order valence-electron chi connectivity index (χ0n) is 17.4. The number of nitrogens with zero attached hydrogens (tertiary/aromatic N) is 4. The quantitative estimate of drug-likeness (QED) is 0.399. The summed E-state index contributed by atoms with van der Waals surface area (Å²) in [5.41, 5.74) is 2.40.